The van der Waals surface area contributed by atoms with Crippen molar-refractivity contribution in [2.45, 2.75) is 19.9 Å². The normalized spacial score (nSPS) is 11.3. The molecule has 0 saturated heterocycles. The van der Waals surface area contributed by atoms with E-state index >= 15 is 0 Å². The van der Waals surface area contributed by atoms with Crippen LogP contribution in [0.25, 0.3) is 0 Å². The van der Waals surface area contributed by atoms with Crippen LogP contribution < -0.4 is 9.47 Å². The first-order valence-corrected chi connectivity index (χ1v) is 4.58. The van der Waals surface area contributed by atoms with Crippen LogP contribution in [-0.2, 0) is 6.61 Å². The molecule has 1 aromatic rings. The number of alkyl halides is 3. The van der Waals surface area contributed by atoms with Crippen LogP contribution >= 0.6 is 0 Å². The lowest BCUT2D eigenvalue weighted by Gasteiger charge is -2.14. The Bertz CT molecular complexity index is 350. The van der Waals surface area contributed by atoms with Gasteiger partial charge in [0.25, 0.3) is 0 Å². The van der Waals surface area contributed by atoms with Gasteiger partial charge in [0, 0.05) is 0 Å². The topological polar surface area (TPSA) is 38.7 Å². The molecule has 1 N–H and O–H groups in total. The molecule has 0 radical (unpaired) electrons. The predicted molar refractivity (Wildman–Crippen MR) is 50.2 cm³/mol. The van der Waals surface area contributed by atoms with E-state index in [0.29, 0.717) is 5.56 Å². The molecule has 0 aromatic heterocycles. The molecular weight excluding hydrogens is 225 g/mol. The van der Waals surface area contributed by atoms with Crippen molar-refractivity contribution in [3.8, 4) is 11.5 Å². The third-order valence-corrected chi connectivity index (χ3v) is 1.72. The maximum Gasteiger partial charge on any atom is 0.573 e. The second-order valence-corrected chi connectivity index (χ2v) is 2.92. The summed E-state index contributed by atoms with van der Waals surface area (Å²) in [5.41, 5.74) is 0.322. The molecule has 6 heteroatoms. The molecule has 0 fully saturated rings. The number of ether oxygens (including phenoxy) is 2. The van der Waals surface area contributed by atoms with Crippen LogP contribution in [0.15, 0.2) is 18.2 Å². The first-order chi connectivity index (χ1) is 7.46. The van der Waals surface area contributed by atoms with Crippen LogP contribution in [0.5, 0.6) is 11.5 Å². The molecule has 0 heterocycles. The summed E-state index contributed by atoms with van der Waals surface area (Å²) in [6.45, 7) is 1.52. The fourth-order valence-corrected chi connectivity index (χ4v) is 1.13. The van der Waals surface area contributed by atoms with Gasteiger partial charge in [0.2, 0.25) is 0 Å². The summed E-state index contributed by atoms with van der Waals surface area (Å²) in [6.07, 6.45) is -4.78. The van der Waals surface area contributed by atoms with Crippen LogP contribution in [0.3, 0.4) is 0 Å². The summed E-state index contributed by atoms with van der Waals surface area (Å²) in [6, 6.07) is 3.89. The van der Waals surface area contributed by atoms with Gasteiger partial charge in [-0.3, -0.25) is 0 Å². The molecule has 1 rings (SSSR count). The van der Waals surface area contributed by atoms with Gasteiger partial charge in [0.05, 0.1) is 13.2 Å². The summed E-state index contributed by atoms with van der Waals surface area (Å²) in [5.74, 6) is -0.446. The Labute approximate surface area is 90.4 Å². The first-order valence-electron chi connectivity index (χ1n) is 4.58. The zero-order valence-corrected chi connectivity index (χ0v) is 8.54. The zero-order chi connectivity index (χ0) is 12.2. The molecule has 0 spiro atoms. The summed E-state index contributed by atoms with van der Waals surface area (Å²) >= 11 is 0. The number of aliphatic hydroxyl groups excluding tert-OH is 1. The number of hydrogen-bond donors (Lipinski definition) is 1. The largest absolute Gasteiger partial charge is 0.573 e. The predicted octanol–water partition coefficient (Wildman–Crippen LogP) is 2.48. The second-order valence-electron chi connectivity index (χ2n) is 2.92. The van der Waals surface area contributed by atoms with Gasteiger partial charge < -0.3 is 14.6 Å². The molecule has 0 amide bonds. The number of aliphatic hydroxyl groups is 1. The Balaban J connectivity index is 3.00. The van der Waals surface area contributed by atoms with Crippen molar-refractivity contribution >= 4 is 0 Å². The highest BCUT2D eigenvalue weighted by Gasteiger charge is 2.32. The Morgan fingerprint density at radius 2 is 1.94 bits per heavy atom. The lowest BCUT2D eigenvalue weighted by Crippen LogP contribution is -2.18. The monoisotopic (exact) mass is 236 g/mol. The van der Waals surface area contributed by atoms with Gasteiger partial charge in [-0.1, -0.05) is 6.07 Å². The van der Waals surface area contributed by atoms with Crippen LogP contribution in [0.2, 0.25) is 0 Å². The average molecular weight is 236 g/mol. The Hall–Kier alpha value is -1.43. The van der Waals surface area contributed by atoms with Gasteiger partial charge in [-0.2, -0.15) is 0 Å². The van der Waals surface area contributed by atoms with Crippen molar-refractivity contribution < 1.29 is 27.8 Å². The minimum absolute atomic E-state index is 0.00275. The van der Waals surface area contributed by atoms with E-state index in [1.165, 1.54) is 12.1 Å². The molecule has 0 saturated carbocycles. The number of benzene rings is 1. The quantitative estimate of drug-likeness (QED) is 0.872. The van der Waals surface area contributed by atoms with E-state index in [0.717, 1.165) is 6.07 Å². The smallest absolute Gasteiger partial charge is 0.490 e. The van der Waals surface area contributed by atoms with E-state index in [-0.39, 0.29) is 19.0 Å². The molecule has 90 valence electrons. The highest BCUT2D eigenvalue weighted by molar-refractivity contribution is 5.42. The summed E-state index contributed by atoms with van der Waals surface area (Å²) in [5, 5.41) is 8.80. The second kappa shape index (κ2) is 5.07. The summed E-state index contributed by atoms with van der Waals surface area (Å²) < 4.78 is 44.9. The van der Waals surface area contributed by atoms with Crippen molar-refractivity contribution in [2.75, 3.05) is 6.61 Å². The molecule has 0 aliphatic heterocycles. The van der Waals surface area contributed by atoms with Gasteiger partial charge in [-0.25, -0.2) is 0 Å². The molecule has 0 unspecified atom stereocenters. The third kappa shape index (κ3) is 3.62. The molecule has 0 aliphatic rings. The SMILES string of the molecule is CCOc1ccc(CO)cc1OC(F)(F)F. The van der Waals surface area contributed by atoms with Gasteiger partial charge in [-0.15, -0.1) is 13.2 Å². The van der Waals surface area contributed by atoms with Crippen molar-refractivity contribution in [2.24, 2.45) is 0 Å². The Morgan fingerprint density at radius 3 is 2.44 bits per heavy atom. The lowest BCUT2D eigenvalue weighted by atomic mass is 10.2. The summed E-state index contributed by atoms with van der Waals surface area (Å²) in [4.78, 5) is 0. The average Bonchev–Trinajstić information content (AvgIpc) is 2.18. The van der Waals surface area contributed by atoms with Crippen molar-refractivity contribution in [1.29, 1.82) is 0 Å². The fourth-order valence-electron chi connectivity index (χ4n) is 1.13. The van der Waals surface area contributed by atoms with Crippen molar-refractivity contribution in [1.82, 2.24) is 0 Å². The van der Waals surface area contributed by atoms with E-state index in [9.17, 15) is 13.2 Å². The van der Waals surface area contributed by atoms with Gasteiger partial charge in [0.15, 0.2) is 11.5 Å². The van der Waals surface area contributed by atoms with E-state index in [4.69, 9.17) is 9.84 Å². The van der Waals surface area contributed by atoms with E-state index in [1.54, 1.807) is 6.92 Å². The first kappa shape index (κ1) is 12.6. The highest BCUT2D eigenvalue weighted by atomic mass is 19.4. The summed E-state index contributed by atoms with van der Waals surface area (Å²) in [7, 11) is 0. The van der Waals surface area contributed by atoms with Gasteiger partial charge in [-0.05, 0) is 24.6 Å². The molecule has 16 heavy (non-hydrogen) atoms. The standard InChI is InChI=1S/C10H11F3O3/c1-2-15-8-4-3-7(6-14)5-9(8)16-10(11,12)13/h3-5,14H,2,6H2,1H3. The van der Waals surface area contributed by atoms with Gasteiger partial charge >= 0.3 is 6.36 Å². The van der Waals surface area contributed by atoms with E-state index in [2.05, 4.69) is 4.74 Å². The van der Waals surface area contributed by atoms with E-state index < -0.39 is 12.1 Å². The molecule has 1 aromatic carbocycles. The van der Waals surface area contributed by atoms with Gasteiger partial charge in [0.1, 0.15) is 0 Å². The van der Waals surface area contributed by atoms with Crippen LogP contribution in [-0.4, -0.2) is 18.1 Å². The minimum atomic E-state index is -4.78. The fraction of sp³-hybridized carbons (Fsp3) is 0.400. The van der Waals surface area contributed by atoms with Crippen LogP contribution in [0, 0.1) is 0 Å². The molecule has 0 atom stereocenters. The number of hydrogen-bond acceptors (Lipinski definition) is 3. The zero-order valence-electron chi connectivity index (χ0n) is 8.54. The molecule has 0 bridgehead atoms. The lowest BCUT2D eigenvalue weighted by molar-refractivity contribution is -0.275. The maximum absolute atomic E-state index is 12.1. The third-order valence-electron chi connectivity index (χ3n) is 1.72. The highest BCUT2D eigenvalue weighted by Crippen LogP contribution is 2.33. The van der Waals surface area contributed by atoms with Crippen molar-refractivity contribution in [3.63, 3.8) is 0 Å². The minimum Gasteiger partial charge on any atom is -0.490 e. The number of rotatable bonds is 4. The van der Waals surface area contributed by atoms with Crippen LogP contribution in [0.4, 0.5) is 13.2 Å². The molecule has 3 nitrogen and oxygen atoms in total. The Kier molecular flexibility index (Phi) is 4.00. The number of halogens is 3. The molecule has 0 aliphatic carbocycles. The maximum atomic E-state index is 12.1. The molecular formula is C10H11F3O3. The van der Waals surface area contributed by atoms with Crippen molar-refractivity contribution in [3.05, 3.63) is 23.8 Å². The van der Waals surface area contributed by atoms with Crippen LogP contribution in [0.1, 0.15) is 12.5 Å². The van der Waals surface area contributed by atoms with E-state index in [1.807, 2.05) is 0 Å². The Morgan fingerprint density at radius 1 is 1.25 bits per heavy atom.